The Kier molecular flexibility index (Phi) is 3.05. The van der Waals surface area contributed by atoms with E-state index in [0.29, 0.717) is 18.3 Å². The second-order valence-electron chi connectivity index (χ2n) is 4.45. The van der Waals surface area contributed by atoms with E-state index in [4.69, 9.17) is 4.52 Å². The van der Waals surface area contributed by atoms with Crippen LogP contribution in [-0.4, -0.2) is 19.8 Å². The first-order chi connectivity index (χ1) is 9.30. The third kappa shape index (κ3) is 2.24. The predicted molar refractivity (Wildman–Crippen MR) is 70.6 cm³/mol. The summed E-state index contributed by atoms with van der Waals surface area (Å²) >= 11 is 0. The van der Waals surface area contributed by atoms with Gasteiger partial charge in [-0.3, -0.25) is 0 Å². The maximum absolute atomic E-state index is 9.20. The van der Waals surface area contributed by atoms with Crippen molar-refractivity contribution < 1.29 is 9.63 Å². The topological polar surface area (TPSA) is 64.1 Å². The molecule has 0 saturated heterocycles. The number of fused-ring (bicyclic) bond motifs is 1. The van der Waals surface area contributed by atoms with Crippen LogP contribution in [0.4, 0.5) is 0 Å². The lowest BCUT2D eigenvalue weighted by molar-refractivity contribution is 0.282. The van der Waals surface area contributed by atoms with Crippen LogP contribution in [0.1, 0.15) is 24.2 Å². The molecule has 0 aliphatic rings. The average Bonchev–Trinajstić information content (AvgIpc) is 3.06. The van der Waals surface area contributed by atoms with Crippen molar-refractivity contribution in [3.8, 4) is 0 Å². The third-order valence-electron chi connectivity index (χ3n) is 3.15. The van der Waals surface area contributed by atoms with Gasteiger partial charge in [0, 0.05) is 18.1 Å². The molecule has 3 aromatic rings. The van der Waals surface area contributed by atoms with Gasteiger partial charge in [-0.2, -0.15) is 4.98 Å². The molecule has 0 unspecified atom stereocenters. The first kappa shape index (κ1) is 11.9. The fraction of sp³-hybridized carbons (Fsp3) is 0.286. The molecule has 0 aliphatic heterocycles. The smallest absolute Gasteiger partial charge is 0.226 e. The minimum atomic E-state index is 0.0450. The average molecular weight is 257 g/mol. The van der Waals surface area contributed by atoms with Gasteiger partial charge in [0.05, 0.1) is 13.2 Å². The van der Waals surface area contributed by atoms with Crippen molar-refractivity contribution >= 4 is 10.9 Å². The lowest BCUT2D eigenvalue weighted by atomic mass is 10.2. The van der Waals surface area contributed by atoms with Gasteiger partial charge in [-0.1, -0.05) is 24.2 Å². The minimum absolute atomic E-state index is 0.0450. The number of aliphatic hydroxyl groups excluding tert-OH is 1. The van der Waals surface area contributed by atoms with Crippen molar-refractivity contribution in [2.45, 2.75) is 26.5 Å². The van der Waals surface area contributed by atoms with Crippen molar-refractivity contribution in [2.75, 3.05) is 0 Å². The highest BCUT2D eigenvalue weighted by Crippen LogP contribution is 2.18. The van der Waals surface area contributed by atoms with Gasteiger partial charge in [-0.15, -0.1) is 0 Å². The number of aliphatic hydroxyl groups is 1. The summed E-state index contributed by atoms with van der Waals surface area (Å²) in [7, 11) is 0. The largest absolute Gasteiger partial charge is 0.392 e. The fourth-order valence-corrected chi connectivity index (χ4v) is 2.12. The van der Waals surface area contributed by atoms with Gasteiger partial charge < -0.3 is 14.2 Å². The number of benzene rings is 1. The van der Waals surface area contributed by atoms with E-state index in [1.807, 2.05) is 37.4 Å². The maximum atomic E-state index is 9.20. The first-order valence-electron chi connectivity index (χ1n) is 6.30. The van der Waals surface area contributed by atoms with E-state index < -0.39 is 0 Å². The van der Waals surface area contributed by atoms with Crippen molar-refractivity contribution in [2.24, 2.45) is 0 Å². The first-order valence-corrected chi connectivity index (χ1v) is 6.30. The fourth-order valence-electron chi connectivity index (χ4n) is 2.12. The summed E-state index contributed by atoms with van der Waals surface area (Å²) < 4.78 is 7.16. The minimum Gasteiger partial charge on any atom is -0.392 e. The van der Waals surface area contributed by atoms with Crippen LogP contribution in [-0.2, 0) is 19.6 Å². The van der Waals surface area contributed by atoms with Crippen LogP contribution >= 0.6 is 0 Å². The number of nitrogens with zero attached hydrogens (tertiary/aromatic N) is 3. The molecule has 19 heavy (non-hydrogen) atoms. The summed E-state index contributed by atoms with van der Waals surface area (Å²) in [5.74, 6) is 1.33. The number of aryl methyl sites for hydroxylation is 1. The molecule has 0 amide bonds. The zero-order valence-corrected chi connectivity index (χ0v) is 10.7. The normalized spacial score (nSPS) is 11.3. The molecule has 1 aromatic carbocycles. The molecule has 98 valence electrons. The Hall–Kier alpha value is -2.14. The van der Waals surface area contributed by atoms with Crippen LogP contribution in [0.2, 0.25) is 0 Å². The van der Waals surface area contributed by atoms with Gasteiger partial charge in [0.15, 0.2) is 5.82 Å². The standard InChI is InChI=1S/C14H15N3O2/c1-2-14-15-13(16-19-14)8-17-6-5-11-4-3-10(9-18)7-12(11)17/h3-7,18H,2,8-9H2,1H3. The number of hydrogen-bond acceptors (Lipinski definition) is 4. The van der Waals surface area contributed by atoms with Gasteiger partial charge in [-0.05, 0) is 23.1 Å². The highest BCUT2D eigenvalue weighted by atomic mass is 16.5. The van der Waals surface area contributed by atoms with Crippen molar-refractivity contribution in [3.05, 3.63) is 47.7 Å². The van der Waals surface area contributed by atoms with E-state index >= 15 is 0 Å². The molecular formula is C14H15N3O2. The number of rotatable bonds is 4. The molecule has 5 heteroatoms. The van der Waals surface area contributed by atoms with E-state index in [1.54, 1.807) is 0 Å². The van der Waals surface area contributed by atoms with Gasteiger partial charge in [0.1, 0.15) is 0 Å². The molecule has 2 heterocycles. The van der Waals surface area contributed by atoms with Crippen LogP contribution in [0, 0.1) is 0 Å². The Morgan fingerprint density at radius 3 is 2.95 bits per heavy atom. The number of aromatic nitrogens is 3. The lowest BCUT2D eigenvalue weighted by Crippen LogP contribution is -2.00. The van der Waals surface area contributed by atoms with E-state index in [2.05, 4.69) is 14.7 Å². The predicted octanol–water partition coefficient (Wildman–Crippen LogP) is 2.13. The third-order valence-corrected chi connectivity index (χ3v) is 3.15. The summed E-state index contributed by atoms with van der Waals surface area (Å²) in [6.45, 7) is 2.60. The molecular weight excluding hydrogens is 242 g/mol. The van der Waals surface area contributed by atoms with E-state index in [-0.39, 0.29) is 6.61 Å². The Labute approximate surface area is 110 Å². The Balaban J connectivity index is 1.95. The Morgan fingerprint density at radius 2 is 2.21 bits per heavy atom. The van der Waals surface area contributed by atoms with Gasteiger partial charge in [-0.25, -0.2) is 0 Å². The van der Waals surface area contributed by atoms with Gasteiger partial charge in [0.2, 0.25) is 5.89 Å². The highest BCUT2D eigenvalue weighted by molar-refractivity contribution is 5.80. The molecule has 0 saturated carbocycles. The molecule has 0 fully saturated rings. The molecule has 2 aromatic heterocycles. The lowest BCUT2D eigenvalue weighted by Gasteiger charge is -2.03. The van der Waals surface area contributed by atoms with Crippen LogP contribution in [0.5, 0.6) is 0 Å². The molecule has 1 N–H and O–H groups in total. The molecule has 0 spiro atoms. The molecule has 0 bridgehead atoms. The summed E-state index contributed by atoms with van der Waals surface area (Å²) in [5, 5.41) is 14.3. The second kappa shape index (κ2) is 4.85. The van der Waals surface area contributed by atoms with Gasteiger partial charge in [0.25, 0.3) is 0 Å². The monoisotopic (exact) mass is 257 g/mol. The van der Waals surface area contributed by atoms with Crippen molar-refractivity contribution in [1.82, 2.24) is 14.7 Å². The van der Waals surface area contributed by atoms with Crippen LogP contribution in [0.15, 0.2) is 35.0 Å². The summed E-state index contributed by atoms with van der Waals surface area (Å²) in [6.07, 6.45) is 2.74. The van der Waals surface area contributed by atoms with E-state index in [1.165, 1.54) is 0 Å². The van der Waals surface area contributed by atoms with E-state index in [0.717, 1.165) is 22.9 Å². The molecule has 3 rings (SSSR count). The quantitative estimate of drug-likeness (QED) is 0.777. The summed E-state index contributed by atoms with van der Waals surface area (Å²) in [6, 6.07) is 7.95. The summed E-state index contributed by atoms with van der Waals surface area (Å²) in [4.78, 5) is 4.31. The number of hydrogen-bond donors (Lipinski definition) is 1. The van der Waals surface area contributed by atoms with Crippen molar-refractivity contribution in [1.29, 1.82) is 0 Å². The summed E-state index contributed by atoms with van der Waals surface area (Å²) in [5.41, 5.74) is 1.96. The highest BCUT2D eigenvalue weighted by Gasteiger charge is 2.08. The van der Waals surface area contributed by atoms with Crippen molar-refractivity contribution in [3.63, 3.8) is 0 Å². The van der Waals surface area contributed by atoms with Gasteiger partial charge >= 0.3 is 0 Å². The Bertz CT molecular complexity index is 700. The van der Waals surface area contributed by atoms with Crippen LogP contribution in [0.3, 0.4) is 0 Å². The molecule has 5 nitrogen and oxygen atoms in total. The Morgan fingerprint density at radius 1 is 1.32 bits per heavy atom. The maximum Gasteiger partial charge on any atom is 0.226 e. The zero-order valence-electron chi connectivity index (χ0n) is 10.7. The second-order valence-corrected chi connectivity index (χ2v) is 4.45. The van der Waals surface area contributed by atoms with Crippen LogP contribution < -0.4 is 0 Å². The molecule has 0 atom stereocenters. The van der Waals surface area contributed by atoms with E-state index in [9.17, 15) is 5.11 Å². The van der Waals surface area contributed by atoms with Crippen LogP contribution in [0.25, 0.3) is 10.9 Å². The molecule has 0 radical (unpaired) electrons. The SMILES string of the molecule is CCc1nc(Cn2ccc3ccc(CO)cc32)no1. The molecule has 0 aliphatic carbocycles. The zero-order chi connectivity index (χ0) is 13.2.